The maximum absolute atomic E-state index is 5.89. The summed E-state index contributed by atoms with van der Waals surface area (Å²) in [4.78, 5) is 2.46. The lowest BCUT2D eigenvalue weighted by Crippen LogP contribution is -2.46. The molecule has 110 valence electrons. The molecule has 2 unspecified atom stereocenters. The van der Waals surface area contributed by atoms with Gasteiger partial charge in [0.25, 0.3) is 0 Å². The molecular formula is C15H19Br2NO2. The van der Waals surface area contributed by atoms with Gasteiger partial charge in [0.1, 0.15) is 5.75 Å². The van der Waals surface area contributed by atoms with Gasteiger partial charge in [-0.05, 0) is 24.6 Å². The molecule has 2 heterocycles. The Labute approximate surface area is 136 Å². The van der Waals surface area contributed by atoms with E-state index in [0.29, 0.717) is 0 Å². The van der Waals surface area contributed by atoms with Crippen molar-refractivity contribution in [3.8, 4) is 5.75 Å². The van der Waals surface area contributed by atoms with Crippen molar-refractivity contribution in [3.63, 3.8) is 0 Å². The van der Waals surface area contributed by atoms with E-state index < -0.39 is 0 Å². The van der Waals surface area contributed by atoms with Gasteiger partial charge in [0.2, 0.25) is 0 Å². The second-order valence-corrected chi connectivity index (χ2v) is 7.13. The molecule has 2 aliphatic heterocycles. The molecule has 20 heavy (non-hydrogen) atoms. The van der Waals surface area contributed by atoms with Crippen molar-refractivity contribution in [3.05, 3.63) is 27.7 Å². The van der Waals surface area contributed by atoms with Gasteiger partial charge in [-0.2, -0.15) is 0 Å². The number of fused-ring (bicyclic) bond motifs is 1. The van der Waals surface area contributed by atoms with Crippen LogP contribution in [0.4, 0.5) is 0 Å². The molecule has 0 aliphatic carbocycles. The van der Waals surface area contributed by atoms with Crippen molar-refractivity contribution in [1.82, 2.24) is 4.90 Å². The first-order chi connectivity index (χ1) is 9.65. The van der Waals surface area contributed by atoms with Gasteiger partial charge in [-0.15, -0.1) is 0 Å². The number of hydrogen-bond acceptors (Lipinski definition) is 3. The molecule has 2 atom stereocenters. The lowest BCUT2D eigenvalue weighted by molar-refractivity contribution is -0.0679. The SMILES string of the molecule is CC1CN(Cc2cc(Br)cc3c2OCC3)CC(CBr)O1. The van der Waals surface area contributed by atoms with Gasteiger partial charge in [0.15, 0.2) is 0 Å². The highest BCUT2D eigenvalue weighted by atomic mass is 79.9. The smallest absolute Gasteiger partial charge is 0.127 e. The van der Waals surface area contributed by atoms with Crippen LogP contribution >= 0.6 is 31.9 Å². The van der Waals surface area contributed by atoms with Crippen LogP contribution in [-0.2, 0) is 17.7 Å². The van der Waals surface area contributed by atoms with Crippen LogP contribution in [0.25, 0.3) is 0 Å². The van der Waals surface area contributed by atoms with Gasteiger partial charge >= 0.3 is 0 Å². The minimum Gasteiger partial charge on any atom is -0.493 e. The Morgan fingerprint density at radius 1 is 1.35 bits per heavy atom. The first kappa shape index (κ1) is 14.8. The second kappa shape index (κ2) is 6.34. The minimum absolute atomic E-state index is 0.278. The number of rotatable bonds is 3. The van der Waals surface area contributed by atoms with Crippen molar-refractivity contribution in [2.75, 3.05) is 25.0 Å². The predicted molar refractivity (Wildman–Crippen MR) is 86.7 cm³/mol. The molecule has 1 aromatic carbocycles. The molecule has 3 nitrogen and oxygen atoms in total. The molecule has 0 radical (unpaired) electrons. The van der Waals surface area contributed by atoms with Crippen molar-refractivity contribution < 1.29 is 9.47 Å². The fourth-order valence-corrected chi connectivity index (χ4v) is 3.97. The quantitative estimate of drug-likeness (QED) is 0.721. The molecular weight excluding hydrogens is 386 g/mol. The topological polar surface area (TPSA) is 21.7 Å². The van der Waals surface area contributed by atoms with Crippen LogP contribution < -0.4 is 4.74 Å². The third-order valence-electron chi connectivity index (χ3n) is 3.79. The van der Waals surface area contributed by atoms with E-state index in [1.807, 2.05) is 0 Å². The Hall–Kier alpha value is -0.100. The van der Waals surface area contributed by atoms with Gasteiger partial charge in [-0.25, -0.2) is 0 Å². The molecule has 0 saturated carbocycles. The zero-order chi connectivity index (χ0) is 14.1. The average molecular weight is 405 g/mol. The zero-order valence-corrected chi connectivity index (χ0v) is 14.7. The van der Waals surface area contributed by atoms with Crippen LogP contribution in [0, 0.1) is 0 Å². The Morgan fingerprint density at radius 2 is 2.20 bits per heavy atom. The molecule has 0 amide bonds. The van der Waals surface area contributed by atoms with Crippen LogP contribution in [0.1, 0.15) is 18.1 Å². The minimum atomic E-state index is 0.278. The molecule has 2 aliphatic rings. The highest BCUT2D eigenvalue weighted by Gasteiger charge is 2.26. The molecule has 0 spiro atoms. The van der Waals surface area contributed by atoms with Crippen molar-refractivity contribution in [2.45, 2.75) is 32.1 Å². The summed E-state index contributed by atoms with van der Waals surface area (Å²) in [6, 6.07) is 4.36. The van der Waals surface area contributed by atoms with Gasteiger partial charge in [-0.1, -0.05) is 31.9 Å². The summed E-state index contributed by atoms with van der Waals surface area (Å²) in [5.74, 6) is 1.10. The lowest BCUT2D eigenvalue weighted by atomic mass is 10.1. The van der Waals surface area contributed by atoms with Crippen LogP contribution in [0.2, 0.25) is 0 Å². The van der Waals surface area contributed by atoms with Crippen LogP contribution in [0.3, 0.4) is 0 Å². The maximum Gasteiger partial charge on any atom is 0.127 e. The van der Waals surface area contributed by atoms with Crippen LogP contribution in [-0.4, -0.2) is 42.1 Å². The lowest BCUT2D eigenvalue weighted by Gasteiger charge is -2.36. The summed E-state index contributed by atoms with van der Waals surface area (Å²) in [5, 5.41) is 0.890. The largest absolute Gasteiger partial charge is 0.493 e. The summed E-state index contributed by atoms with van der Waals surface area (Å²) < 4.78 is 12.9. The molecule has 1 saturated heterocycles. The molecule has 5 heteroatoms. The number of benzene rings is 1. The summed E-state index contributed by atoms with van der Waals surface area (Å²) in [7, 11) is 0. The van der Waals surface area contributed by atoms with E-state index in [0.717, 1.165) is 48.2 Å². The van der Waals surface area contributed by atoms with E-state index >= 15 is 0 Å². The standard InChI is InChI=1S/C15H19Br2NO2/c1-10-7-18(9-14(6-16)20-10)8-12-5-13(17)4-11-2-3-19-15(11)12/h4-5,10,14H,2-3,6-9H2,1H3. The number of alkyl halides is 1. The fraction of sp³-hybridized carbons (Fsp3) is 0.600. The van der Waals surface area contributed by atoms with Gasteiger partial charge < -0.3 is 9.47 Å². The van der Waals surface area contributed by atoms with E-state index in [1.54, 1.807) is 0 Å². The van der Waals surface area contributed by atoms with Crippen molar-refractivity contribution in [1.29, 1.82) is 0 Å². The Kier molecular flexibility index (Phi) is 4.70. The number of morpholine rings is 1. The third-order valence-corrected chi connectivity index (χ3v) is 4.97. The Bertz CT molecular complexity index is 495. The monoisotopic (exact) mass is 403 g/mol. The van der Waals surface area contributed by atoms with E-state index in [-0.39, 0.29) is 12.2 Å². The average Bonchev–Trinajstić information content (AvgIpc) is 2.86. The zero-order valence-electron chi connectivity index (χ0n) is 11.6. The number of halogens is 2. The second-order valence-electron chi connectivity index (χ2n) is 5.57. The number of hydrogen-bond donors (Lipinski definition) is 0. The Balaban J connectivity index is 1.77. The predicted octanol–water partition coefficient (Wildman–Crippen LogP) is 3.37. The van der Waals surface area contributed by atoms with Gasteiger partial charge in [0, 0.05) is 41.4 Å². The molecule has 3 rings (SSSR count). The third kappa shape index (κ3) is 3.21. The molecule has 0 N–H and O–H groups in total. The van der Waals surface area contributed by atoms with Gasteiger partial charge in [0.05, 0.1) is 18.8 Å². The Morgan fingerprint density at radius 3 is 3.00 bits per heavy atom. The molecule has 1 aromatic rings. The highest BCUT2D eigenvalue weighted by Crippen LogP contribution is 2.34. The van der Waals surface area contributed by atoms with E-state index in [1.165, 1.54) is 11.1 Å². The summed E-state index contributed by atoms with van der Waals surface area (Å²) >= 11 is 7.14. The van der Waals surface area contributed by atoms with Crippen LogP contribution in [0.5, 0.6) is 5.75 Å². The number of ether oxygens (including phenoxy) is 2. The first-order valence-electron chi connectivity index (χ1n) is 7.03. The molecule has 1 fully saturated rings. The number of nitrogens with zero attached hydrogens (tertiary/aromatic N) is 1. The first-order valence-corrected chi connectivity index (χ1v) is 8.95. The normalized spacial score (nSPS) is 26.4. The van der Waals surface area contributed by atoms with Crippen molar-refractivity contribution in [2.24, 2.45) is 0 Å². The fourth-order valence-electron chi connectivity index (χ4n) is 3.06. The molecule has 0 aromatic heterocycles. The summed E-state index contributed by atoms with van der Waals surface area (Å²) in [6.45, 7) is 5.83. The van der Waals surface area contributed by atoms with Crippen molar-refractivity contribution >= 4 is 31.9 Å². The summed E-state index contributed by atoms with van der Waals surface area (Å²) in [5.41, 5.74) is 2.61. The summed E-state index contributed by atoms with van der Waals surface area (Å²) in [6.07, 6.45) is 1.58. The van der Waals surface area contributed by atoms with Gasteiger partial charge in [-0.3, -0.25) is 4.90 Å². The van der Waals surface area contributed by atoms with E-state index in [4.69, 9.17) is 9.47 Å². The van der Waals surface area contributed by atoms with E-state index in [9.17, 15) is 0 Å². The highest BCUT2D eigenvalue weighted by molar-refractivity contribution is 9.10. The maximum atomic E-state index is 5.89. The van der Waals surface area contributed by atoms with Crippen LogP contribution in [0.15, 0.2) is 16.6 Å². The van der Waals surface area contributed by atoms with E-state index in [2.05, 4.69) is 55.8 Å². The molecule has 0 bridgehead atoms.